The second kappa shape index (κ2) is 2.05. The largest absolute Gasteiger partial charge is 0.271 e. The predicted octanol–water partition coefficient (Wildman–Crippen LogP) is 1.54. The molecular weight excluding hydrogens is 200 g/mol. The number of hydrogen-bond acceptors (Lipinski definition) is 3. The van der Waals surface area contributed by atoms with Gasteiger partial charge in [0.2, 0.25) is 0 Å². The van der Waals surface area contributed by atoms with E-state index in [0.717, 1.165) is 12.8 Å². The second-order valence-electron chi connectivity index (χ2n) is 5.78. The summed E-state index contributed by atoms with van der Waals surface area (Å²) < 4.78 is 28.8. The maximum Gasteiger partial charge on any atom is 0.271 e. The second-order valence-corrected chi connectivity index (χ2v) is 7.53. The third kappa shape index (κ3) is 0.770. The van der Waals surface area contributed by atoms with E-state index in [4.69, 9.17) is 4.18 Å². The molecule has 80 valence electrons. The molecular formula is C10H16O3S. The van der Waals surface area contributed by atoms with Crippen LogP contribution >= 0.6 is 0 Å². The molecule has 0 N–H and O–H groups in total. The predicted molar refractivity (Wildman–Crippen MR) is 52.2 cm³/mol. The molecule has 4 heteroatoms. The first kappa shape index (κ1) is 9.16. The smallest absolute Gasteiger partial charge is 0.263 e. The highest BCUT2D eigenvalue weighted by Crippen LogP contribution is 2.68. The van der Waals surface area contributed by atoms with Crippen LogP contribution in [0.2, 0.25) is 0 Å². The molecule has 2 bridgehead atoms. The Balaban J connectivity index is 2.20. The fraction of sp³-hybridized carbons (Fsp3) is 1.00. The molecule has 0 radical (unpaired) electrons. The van der Waals surface area contributed by atoms with Crippen molar-refractivity contribution in [3.05, 3.63) is 0 Å². The summed E-state index contributed by atoms with van der Waals surface area (Å²) in [5, 5.41) is -0.221. The van der Waals surface area contributed by atoms with Crippen LogP contribution in [0.25, 0.3) is 0 Å². The Bertz CT molecular complexity index is 402. The Morgan fingerprint density at radius 1 is 1.36 bits per heavy atom. The van der Waals surface area contributed by atoms with Crippen LogP contribution in [0.3, 0.4) is 0 Å². The van der Waals surface area contributed by atoms with Gasteiger partial charge in [0.25, 0.3) is 10.1 Å². The van der Waals surface area contributed by atoms with Gasteiger partial charge in [-0.1, -0.05) is 13.8 Å². The molecule has 0 aromatic rings. The van der Waals surface area contributed by atoms with E-state index in [1.165, 1.54) is 0 Å². The monoisotopic (exact) mass is 216 g/mol. The molecule has 2 saturated carbocycles. The maximum atomic E-state index is 11.8. The van der Waals surface area contributed by atoms with E-state index in [0.29, 0.717) is 5.92 Å². The summed E-state index contributed by atoms with van der Waals surface area (Å²) >= 11 is 0. The lowest BCUT2D eigenvalue weighted by molar-refractivity contribution is 0.0660. The van der Waals surface area contributed by atoms with Crippen LogP contribution in [-0.4, -0.2) is 19.3 Å². The van der Waals surface area contributed by atoms with Gasteiger partial charge >= 0.3 is 0 Å². The molecule has 0 amide bonds. The molecule has 2 aliphatic carbocycles. The number of hydrogen-bond donors (Lipinski definition) is 0. The van der Waals surface area contributed by atoms with Crippen molar-refractivity contribution in [2.45, 2.75) is 44.5 Å². The molecule has 3 rings (SSSR count). The zero-order valence-electron chi connectivity index (χ0n) is 8.78. The molecule has 5 atom stereocenters. The molecule has 1 aliphatic heterocycles. The Hall–Kier alpha value is -0.0900. The van der Waals surface area contributed by atoms with Crippen LogP contribution in [0.15, 0.2) is 0 Å². The minimum Gasteiger partial charge on any atom is -0.263 e. The van der Waals surface area contributed by atoms with Crippen molar-refractivity contribution in [1.82, 2.24) is 0 Å². The van der Waals surface area contributed by atoms with E-state index in [1.54, 1.807) is 0 Å². The highest BCUT2D eigenvalue weighted by molar-refractivity contribution is 7.87. The van der Waals surface area contributed by atoms with Crippen LogP contribution in [0, 0.1) is 17.3 Å². The van der Waals surface area contributed by atoms with Gasteiger partial charge < -0.3 is 0 Å². The van der Waals surface area contributed by atoms with Crippen molar-refractivity contribution in [3.8, 4) is 0 Å². The fourth-order valence-corrected chi connectivity index (χ4v) is 6.59. The van der Waals surface area contributed by atoms with Crippen LogP contribution in [0.4, 0.5) is 0 Å². The zero-order valence-corrected chi connectivity index (χ0v) is 9.60. The van der Waals surface area contributed by atoms with Crippen molar-refractivity contribution >= 4 is 10.1 Å². The first-order valence-corrected chi connectivity index (χ1v) is 6.70. The first-order chi connectivity index (χ1) is 6.29. The third-order valence-electron chi connectivity index (χ3n) is 4.84. The summed E-state index contributed by atoms with van der Waals surface area (Å²) in [6.45, 7) is 6.36. The highest BCUT2D eigenvalue weighted by Gasteiger charge is 2.72. The van der Waals surface area contributed by atoms with E-state index >= 15 is 0 Å². The van der Waals surface area contributed by atoms with Crippen molar-refractivity contribution in [1.29, 1.82) is 0 Å². The summed E-state index contributed by atoms with van der Waals surface area (Å²) in [6, 6.07) is 0. The normalized spacial score (nSPS) is 63.5. The molecule has 1 heterocycles. The van der Waals surface area contributed by atoms with Crippen molar-refractivity contribution < 1.29 is 12.6 Å². The van der Waals surface area contributed by atoms with E-state index in [2.05, 4.69) is 13.8 Å². The van der Waals surface area contributed by atoms with Crippen molar-refractivity contribution in [2.24, 2.45) is 17.3 Å². The Kier molecular flexibility index (Phi) is 1.34. The molecule has 3 aliphatic rings. The van der Waals surface area contributed by atoms with Gasteiger partial charge in [0.05, 0.1) is 10.9 Å². The lowest BCUT2D eigenvalue weighted by Gasteiger charge is -2.28. The molecule has 3 nitrogen and oxygen atoms in total. The average molecular weight is 216 g/mol. The lowest BCUT2D eigenvalue weighted by Crippen LogP contribution is -2.33. The summed E-state index contributed by atoms with van der Waals surface area (Å²) in [4.78, 5) is 0. The molecule has 0 aromatic heterocycles. The lowest BCUT2D eigenvalue weighted by atomic mass is 9.79. The van der Waals surface area contributed by atoms with Crippen LogP contribution < -0.4 is 0 Å². The topological polar surface area (TPSA) is 43.4 Å². The van der Waals surface area contributed by atoms with Gasteiger partial charge in [-0.15, -0.1) is 0 Å². The zero-order chi connectivity index (χ0) is 10.4. The highest BCUT2D eigenvalue weighted by atomic mass is 32.2. The molecule has 3 fully saturated rings. The summed E-state index contributed by atoms with van der Waals surface area (Å²) in [5.74, 6) is 0.715. The average Bonchev–Trinajstić information content (AvgIpc) is 2.36. The van der Waals surface area contributed by atoms with Crippen molar-refractivity contribution in [3.63, 3.8) is 0 Å². The molecule has 1 saturated heterocycles. The maximum absolute atomic E-state index is 11.8. The van der Waals surface area contributed by atoms with Crippen LogP contribution in [0.5, 0.6) is 0 Å². The Labute approximate surface area is 85.0 Å². The summed E-state index contributed by atoms with van der Waals surface area (Å²) in [6.07, 6.45) is 1.71. The number of rotatable bonds is 0. The molecule has 5 unspecified atom stereocenters. The number of fused-ring (bicyclic) bond motifs is 1. The minimum absolute atomic E-state index is 0.188. The molecule has 14 heavy (non-hydrogen) atoms. The summed E-state index contributed by atoms with van der Waals surface area (Å²) in [5.41, 5.74) is -0.205. The quantitative estimate of drug-likeness (QED) is 0.577. The van der Waals surface area contributed by atoms with E-state index < -0.39 is 15.7 Å². The van der Waals surface area contributed by atoms with Crippen LogP contribution in [-0.2, 0) is 14.3 Å². The van der Waals surface area contributed by atoms with Gasteiger partial charge in [0.1, 0.15) is 0 Å². The minimum atomic E-state index is -3.26. The SMILES string of the molecule is CC1C2C3CC1(C)CC2(C)OS3(=O)=O. The summed E-state index contributed by atoms with van der Waals surface area (Å²) in [7, 11) is -3.26. The van der Waals surface area contributed by atoms with Crippen molar-refractivity contribution in [2.75, 3.05) is 0 Å². The molecule has 0 spiro atoms. The Morgan fingerprint density at radius 2 is 2.00 bits per heavy atom. The van der Waals surface area contributed by atoms with Gasteiger partial charge in [-0.05, 0) is 31.1 Å². The van der Waals surface area contributed by atoms with Gasteiger partial charge in [0.15, 0.2) is 0 Å². The first-order valence-electron chi connectivity index (χ1n) is 5.23. The van der Waals surface area contributed by atoms with E-state index in [1.807, 2.05) is 6.92 Å². The van der Waals surface area contributed by atoms with E-state index in [9.17, 15) is 8.42 Å². The van der Waals surface area contributed by atoms with Gasteiger partial charge in [-0.3, -0.25) is 4.18 Å². The third-order valence-corrected chi connectivity index (χ3v) is 6.66. The van der Waals surface area contributed by atoms with E-state index in [-0.39, 0.29) is 16.6 Å². The fourth-order valence-electron chi connectivity index (χ4n) is 4.30. The standard InChI is InChI=1S/C10H16O3S/c1-6-8-7-4-9(6,2)5-10(8,3)13-14(7,11)12/h6-8H,4-5H2,1-3H3. The Morgan fingerprint density at radius 3 is 2.43 bits per heavy atom. The van der Waals surface area contributed by atoms with Gasteiger partial charge in [0, 0.05) is 5.92 Å². The van der Waals surface area contributed by atoms with Gasteiger partial charge in [-0.25, -0.2) is 0 Å². The van der Waals surface area contributed by atoms with Gasteiger partial charge in [-0.2, -0.15) is 8.42 Å². The van der Waals surface area contributed by atoms with Crippen LogP contribution in [0.1, 0.15) is 33.6 Å². The molecule has 0 aromatic carbocycles.